The molecule has 9 N–H and O–H groups in total. The van der Waals surface area contributed by atoms with Crippen LogP contribution in [0.4, 0.5) is 0 Å². The van der Waals surface area contributed by atoms with E-state index in [9.17, 15) is 50.0 Å². The maximum absolute atomic E-state index is 13.0. The minimum atomic E-state index is -5.14. The molecule has 0 aromatic rings. The Bertz CT molecular complexity index is 1170. The van der Waals surface area contributed by atoms with Gasteiger partial charge in [0, 0.05) is 0 Å². The van der Waals surface area contributed by atoms with Crippen molar-refractivity contribution in [3.63, 3.8) is 0 Å². The van der Waals surface area contributed by atoms with E-state index >= 15 is 0 Å². The molecule has 14 heteroatoms. The van der Waals surface area contributed by atoms with Gasteiger partial charge in [0.1, 0.15) is 36.6 Å². The first kappa shape index (κ1) is 56.5. The molecule has 60 heavy (non-hydrogen) atoms. The van der Waals surface area contributed by atoms with E-state index in [0.29, 0.717) is 12.8 Å². The molecular formula is C46H86NO12P. The molecule has 0 saturated heterocycles. The summed E-state index contributed by atoms with van der Waals surface area (Å²) in [6, 6.07) is -1.24. The Balaban J connectivity index is 2.47. The first-order valence-corrected chi connectivity index (χ1v) is 25.0. The second-order valence-corrected chi connectivity index (χ2v) is 18.2. The van der Waals surface area contributed by atoms with Crippen molar-refractivity contribution in [1.82, 2.24) is 5.32 Å². The first-order valence-electron chi connectivity index (χ1n) is 23.5. The van der Waals surface area contributed by atoms with Crippen molar-refractivity contribution in [1.29, 1.82) is 0 Å². The van der Waals surface area contributed by atoms with Gasteiger partial charge in [-0.3, -0.25) is 13.8 Å². The minimum absolute atomic E-state index is 0.245. The Morgan fingerprint density at radius 2 is 1.07 bits per heavy atom. The zero-order valence-electron chi connectivity index (χ0n) is 37.1. The molecule has 0 heterocycles. The predicted molar refractivity (Wildman–Crippen MR) is 238 cm³/mol. The van der Waals surface area contributed by atoms with Crippen LogP contribution in [0.2, 0.25) is 0 Å². The molecule has 1 rings (SSSR count). The summed E-state index contributed by atoms with van der Waals surface area (Å²) < 4.78 is 22.8. The number of unbranched alkanes of at least 4 members (excludes halogenated alkanes) is 21. The van der Waals surface area contributed by atoms with Crippen LogP contribution in [0.15, 0.2) is 36.5 Å². The van der Waals surface area contributed by atoms with Crippen LogP contribution in [0.3, 0.4) is 0 Å². The van der Waals surface area contributed by atoms with E-state index in [0.717, 1.165) is 57.8 Å². The first-order chi connectivity index (χ1) is 28.8. The molecule has 0 spiro atoms. The van der Waals surface area contributed by atoms with Crippen molar-refractivity contribution >= 4 is 13.7 Å². The van der Waals surface area contributed by atoms with Gasteiger partial charge in [-0.15, -0.1) is 0 Å². The summed E-state index contributed by atoms with van der Waals surface area (Å²) >= 11 is 0. The Morgan fingerprint density at radius 3 is 1.58 bits per heavy atom. The number of hydrogen-bond donors (Lipinski definition) is 9. The molecule has 0 aliphatic heterocycles. The number of aliphatic hydroxyl groups is 7. The number of carbonyl (C=O) groups is 1. The highest BCUT2D eigenvalue weighted by Gasteiger charge is 2.51. The summed E-state index contributed by atoms with van der Waals surface area (Å²) in [6.45, 7) is 3.61. The molecule has 0 aromatic heterocycles. The van der Waals surface area contributed by atoms with Gasteiger partial charge in [-0.2, -0.15) is 0 Å². The highest BCUT2D eigenvalue weighted by atomic mass is 31.2. The molecule has 0 radical (unpaired) electrons. The second-order valence-electron chi connectivity index (χ2n) is 16.8. The van der Waals surface area contributed by atoms with Crippen molar-refractivity contribution in [3.05, 3.63) is 36.5 Å². The van der Waals surface area contributed by atoms with Crippen molar-refractivity contribution in [2.45, 2.75) is 242 Å². The Labute approximate surface area is 362 Å². The van der Waals surface area contributed by atoms with Gasteiger partial charge in [-0.1, -0.05) is 172 Å². The normalized spacial score (nSPS) is 23.7. The summed E-state index contributed by atoms with van der Waals surface area (Å²) in [5.41, 5.74) is 0. The van der Waals surface area contributed by atoms with Crippen molar-refractivity contribution in [2.24, 2.45) is 0 Å². The van der Waals surface area contributed by atoms with Crippen molar-refractivity contribution in [2.75, 3.05) is 6.61 Å². The van der Waals surface area contributed by atoms with Gasteiger partial charge in [-0.05, 0) is 44.9 Å². The Morgan fingerprint density at radius 1 is 0.617 bits per heavy atom. The van der Waals surface area contributed by atoms with E-state index in [4.69, 9.17) is 9.05 Å². The lowest BCUT2D eigenvalue weighted by Gasteiger charge is -2.41. The Hall–Kier alpha value is -1.48. The lowest BCUT2D eigenvalue weighted by Crippen LogP contribution is -2.64. The molecule has 8 atom stereocenters. The zero-order chi connectivity index (χ0) is 44.4. The van der Waals surface area contributed by atoms with E-state index in [-0.39, 0.29) is 6.42 Å². The van der Waals surface area contributed by atoms with E-state index in [1.807, 2.05) is 0 Å². The quantitative estimate of drug-likeness (QED) is 0.0165. The molecular weight excluding hydrogens is 789 g/mol. The van der Waals surface area contributed by atoms with Crippen LogP contribution in [-0.2, 0) is 18.4 Å². The number of allylic oxidation sites excluding steroid dienone is 5. The molecule has 1 aliphatic carbocycles. The van der Waals surface area contributed by atoms with Crippen LogP contribution in [0.5, 0.6) is 0 Å². The number of rotatable bonds is 38. The highest BCUT2D eigenvalue weighted by Crippen LogP contribution is 2.47. The third-order valence-electron chi connectivity index (χ3n) is 11.2. The number of phosphoric ester groups is 1. The fraction of sp³-hybridized carbons (Fsp3) is 0.848. The summed E-state index contributed by atoms with van der Waals surface area (Å²) in [6.07, 6.45) is 26.7. The number of hydrogen-bond acceptors (Lipinski definition) is 11. The second kappa shape index (κ2) is 35.9. The number of nitrogens with one attached hydrogen (secondary N) is 1. The molecule has 0 aromatic carbocycles. The highest BCUT2D eigenvalue weighted by molar-refractivity contribution is 7.47. The topological polar surface area (TPSA) is 226 Å². The maximum Gasteiger partial charge on any atom is 0.472 e. The lowest BCUT2D eigenvalue weighted by molar-refractivity contribution is -0.220. The van der Waals surface area contributed by atoms with E-state index in [1.54, 1.807) is 6.08 Å². The summed E-state index contributed by atoms with van der Waals surface area (Å²) in [7, 11) is -5.14. The molecule has 1 saturated carbocycles. The molecule has 8 unspecified atom stereocenters. The van der Waals surface area contributed by atoms with Gasteiger partial charge in [-0.25, -0.2) is 4.57 Å². The smallest absolute Gasteiger partial charge is 0.393 e. The Kier molecular flexibility index (Phi) is 33.8. The van der Waals surface area contributed by atoms with E-state index in [1.165, 1.54) is 102 Å². The van der Waals surface area contributed by atoms with Crippen LogP contribution in [-0.4, -0.2) is 108 Å². The standard InChI is InChI=1S/C46H86NO12P/c1-3-5-7-9-11-13-15-16-17-18-19-20-21-22-24-25-27-29-31-33-37(48)35-40(50)47-38(39(49)34-32-30-28-26-23-14-12-10-8-6-4-2)36-58-60(56,57)59-46-44(54)42(52)41(51)43(53)45(46)55/h5,7,11,13,32,34,37-39,41-46,48-49,51-55H,3-4,6,8-10,12,14-31,33,35-36H2,1-2H3,(H,47,50)(H,56,57)/b7-5-,13-11-,34-32+. The van der Waals surface area contributed by atoms with Crippen LogP contribution < -0.4 is 5.32 Å². The van der Waals surface area contributed by atoms with Crippen LogP contribution in [0.25, 0.3) is 0 Å². The SMILES string of the molecule is CC/C=C\C/C=C\CCCCCCCCCCCCCCC(O)CC(=O)NC(COP(=O)(O)OC1C(O)C(O)C(O)C(O)C1O)C(O)/C=C/CCCCCCCCCCC. The predicted octanol–water partition coefficient (Wildman–Crippen LogP) is 7.75. The van der Waals surface area contributed by atoms with Crippen LogP contribution >= 0.6 is 7.82 Å². The van der Waals surface area contributed by atoms with Gasteiger partial charge in [0.05, 0.1) is 31.3 Å². The zero-order valence-corrected chi connectivity index (χ0v) is 38.0. The minimum Gasteiger partial charge on any atom is -0.393 e. The third-order valence-corrected chi connectivity index (χ3v) is 12.2. The molecule has 13 nitrogen and oxygen atoms in total. The van der Waals surface area contributed by atoms with Crippen LogP contribution in [0.1, 0.15) is 187 Å². The monoisotopic (exact) mass is 876 g/mol. The fourth-order valence-corrected chi connectivity index (χ4v) is 8.36. The summed E-state index contributed by atoms with van der Waals surface area (Å²) in [5, 5.41) is 74.4. The lowest BCUT2D eigenvalue weighted by atomic mass is 9.85. The molecule has 1 amide bonds. The third kappa shape index (κ3) is 27.6. The number of carbonyl (C=O) groups excluding carboxylic acids is 1. The van der Waals surface area contributed by atoms with Crippen molar-refractivity contribution in [3.8, 4) is 0 Å². The largest absolute Gasteiger partial charge is 0.472 e. The van der Waals surface area contributed by atoms with Gasteiger partial charge in [0.15, 0.2) is 0 Å². The summed E-state index contributed by atoms with van der Waals surface area (Å²) in [5.74, 6) is -0.596. The van der Waals surface area contributed by atoms with Crippen LogP contribution in [0, 0.1) is 0 Å². The number of amides is 1. The van der Waals surface area contributed by atoms with Gasteiger partial charge in [0.2, 0.25) is 5.91 Å². The molecule has 1 fully saturated rings. The molecule has 352 valence electrons. The van der Waals surface area contributed by atoms with Gasteiger partial charge in [0.25, 0.3) is 0 Å². The van der Waals surface area contributed by atoms with E-state index < -0.39 is 75.2 Å². The van der Waals surface area contributed by atoms with Crippen molar-refractivity contribution < 1.29 is 59.0 Å². The van der Waals surface area contributed by atoms with Gasteiger partial charge < -0.3 is 46.0 Å². The molecule has 1 aliphatic rings. The number of aliphatic hydroxyl groups excluding tert-OH is 7. The average Bonchev–Trinajstić information content (AvgIpc) is 3.22. The fourth-order valence-electron chi connectivity index (χ4n) is 7.40. The maximum atomic E-state index is 13.0. The molecule has 0 bridgehead atoms. The van der Waals surface area contributed by atoms with Gasteiger partial charge >= 0.3 is 7.82 Å². The average molecular weight is 876 g/mol. The van der Waals surface area contributed by atoms with E-state index in [2.05, 4.69) is 43.5 Å². The number of phosphoric acid groups is 1. The summed E-state index contributed by atoms with van der Waals surface area (Å²) in [4.78, 5) is 23.4.